The molecule has 408 valence electrons. The number of hydrogen-bond donors (Lipinski definition) is 0. The van der Waals surface area contributed by atoms with E-state index in [1.54, 1.807) is 0 Å². The van der Waals surface area contributed by atoms with Crippen molar-refractivity contribution in [1.29, 1.82) is 0 Å². The number of rotatable bonds is 54. The molecule has 0 saturated heterocycles. The van der Waals surface area contributed by atoms with E-state index in [2.05, 4.69) is 106 Å². The summed E-state index contributed by atoms with van der Waals surface area (Å²) in [5.41, 5.74) is 0. The lowest BCUT2D eigenvalue weighted by Crippen LogP contribution is -2.30. The predicted molar refractivity (Wildman–Crippen MR) is 307 cm³/mol. The van der Waals surface area contributed by atoms with Crippen LogP contribution in [0.3, 0.4) is 0 Å². The summed E-state index contributed by atoms with van der Waals surface area (Å²) in [4.78, 5) is 38.2. The molecular weight excluding hydrogens is 877 g/mol. The first-order chi connectivity index (χ1) is 35.0. The Morgan fingerprint density at radius 2 is 0.549 bits per heavy atom. The van der Waals surface area contributed by atoms with E-state index < -0.39 is 6.10 Å². The summed E-state index contributed by atoms with van der Waals surface area (Å²) in [6, 6.07) is 0. The van der Waals surface area contributed by atoms with E-state index in [9.17, 15) is 14.4 Å². The minimum atomic E-state index is -0.791. The van der Waals surface area contributed by atoms with Gasteiger partial charge in [-0.3, -0.25) is 14.4 Å². The molecule has 6 nitrogen and oxygen atoms in total. The van der Waals surface area contributed by atoms with Crippen LogP contribution in [-0.4, -0.2) is 37.2 Å². The lowest BCUT2D eigenvalue weighted by Gasteiger charge is -2.18. The third-order valence-corrected chi connectivity index (χ3v) is 12.9. The second-order valence-corrected chi connectivity index (χ2v) is 19.9. The summed E-state index contributed by atoms with van der Waals surface area (Å²) < 4.78 is 16.9. The fourth-order valence-corrected chi connectivity index (χ4v) is 8.45. The van der Waals surface area contributed by atoms with Crippen LogP contribution in [0.15, 0.2) is 85.1 Å². The van der Waals surface area contributed by atoms with Crippen LogP contribution in [0.4, 0.5) is 0 Å². The van der Waals surface area contributed by atoms with Crippen molar-refractivity contribution in [2.45, 2.75) is 297 Å². The van der Waals surface area contributed by atoms with Crippen molar-refractivity contribution in [2.75, 3.05) is 13.2 Å². The van der Waals surface area contributed by atoms with Gasteiger partial charge >= 0.3 is 17.9 Å². The molecule has 0 aliphatic rings. The number of carbonyl (C=O) groups is 3. The van der Waals surface area contributed by atoms with Crippen molar-refractivity contribution in [2.24, 2.45) is 0 Å². The molecule has 0 bridgehead atoms. The van der Waals surface area contributed by atoms with Crippen LogP contribution < -0.4 is 0 Å². The van der Waals surface area contributed by atoms with Crippen molar-refractivity contribution in [3.05, 3.63) is 85.1 Å². The summed E-state index contributed by atoms with van der Waals surface area (Å²) in [5.74, 6) is -0.915. The van der Waals surface area contributed by atoms with Gasteiger partial charge in [0.1, 0.15) is 13.2 Å². The number of carbonyl (C=O) groups excluding carboxylic acids is 3. The Labute approximate surface area is 439 Å². The molecule has 0 radical (unpaired) electrons. The Hall–Kier alpha value is -3.41. The minimum absolute atomic E-state index is 0.0884. The summed E-state index contributed by atoms with van der Waals surface area (Å²) in [7, 11) is 0. The molecule has 0 heterocycles. The van der Waals surface area contributed by atoms with E-state index in [0.29, 0.717) is 19.3 Å². The molecule has 1 atom stereocenters. The Bertz CT molecular complexity index is 1370. The Kier molecular flexibility index (Phi) is 56.3. The second-order valence-electron chi connectivity index (χ2n) is 19.9. The molecular formula is C65H112O6. The van der Waals surface area contributed by atoms with E-state index in [1.165, 1.54) is 135 Å². The fourth-order valence-electron chi connectivity index (χ4n) is 8.45. The van der Waals surface area contributed by atoms with Crippen molar-refractivity contribution in [1.82, 2.24) is 0 Å². The number of esters is 3. The molecule has 71 heavy (non-hydrogen) atoms. The van der Waals surface area contributed by atoms with E-state index in [1.807, 2.05) is 0 Å². The molecule has 0 amide bonds. The number of unbranched alkanes of at least 4 members (excludes halogenated alkanes) is 29. The molecule has 0 fully saturated rings. The highest BCUT2D eigenvalue weighted by molar-refractivity contribution is 5.71. The van der Waals surface area contributed by atoms with Gasteiger partial charge in [0.05, 0.1) is 0 Å². The van der Waals surface area contributed by atoms with Crippen molar-refractivity contribution in [3.8, 4) is 0 Å². The molecule has 0 saturated carbocycles. The van der Waals surface area contributed by atoms with Crippen molar-refractivity contribution < 1.29 is 28.6 Å². The van der Waals surface area contributed by atoms with Crippen LogP contribution in [-0.2, 0) is 28.6 Å². The maximum atomic E-state index is 12.9. The van der Waals surface area contributed by atoms with Crippen LogP contribution in [0.5, 0.6) is 0 Å². The highest BCUT2D eigenvalue weighted by Crippen LogP contribution is 2.16. The second kappa shape index (κ2) is 59.2. The number of allylic oxidation sites excluding steroid dienone is 14. The SMILES string of the molecule is CC/C=C\C/C=C\C/C=C\C/C=C\CCCCCCCCCCC(=O)OCC(COC(=O)CCCCC/C=C\C/C=C\C/C=C\CC)OC(=O)CCCCCCCCCCCCCCCCCCCCC. The van der Waals surface area contributed by atoms with Crippen LogP contribution in [0.2, 0.25) is 0 Å². The maximum absolute atomic E-state index is 12.9. The van der Waals surface area contributed by atoms with Gasteiger partial charge in [-0.2, -0.15) is 0 Å². The molecule has 0 N–H and O–H groups in total. The minimum Gasteiger partial charge on any atom is -0.462 e. The van der Waals surface area contributed by atoms with Gasteiger partial charge in [-0.1, -0.05) is 266 Å². The van der Waals surface area contributed by atoms with E-state index in [4.69, 9.17) is 14.2 Å². The Balaban J connectivity index is 4.36. The van der Waals surface area contributed by atoms with Gasteiger partial charge in [-0.05, 0) is 89.9 Å². The van der Waals surface area contributed by atoms with E-state index in [-0.39, 0.29) is 31.1 Å². The van der Waals surface area contributed by atoms with Crippen LogP contribution in [0.1, 0.15) is 290 Å². The van der Waals surface area contributed by atoms with Crippen molar-refractivity contribution in [3.63, 3.8) is 0 Å². The Morgan fingerprint density at radius 1 is 0.296 bits per heavy atom. The molecule has 0 aliphatic carbocycles. The third kappa shape index (κ3) is 57.4. The van der Waals surface area contributed by atoms with Gasteiger partial charge in [0.25, 0.3) is 0 Å². The highest BCUT2D eigenvalue weighted by Gasteiger charge is 2.19. The van der Waals surface area contributed by atoms with Gasteiger partial charge < -0.3 is 14.2 Å². The van der Waals surface area contributed by atoms with Gasteiger partial charge in [0.2, 0.25) is 0 Å². The average molecular weight is 990 g/mol. The first-order valence-electron chi connectivity index (χ1n) is 30.1. The topological polar surface area (TPSA) is 78.9 Å². The van der Waals surface area contributed by atoms with Gasteiger partial charge in [-0.25, -0.2) is 0 Å². The molecule has 1 unspecified atom stereocenters. The molecule has 0 aromatic carbocycles. The number of hydrogen-bond acceptors (Lipinski definition) is 6. The average Bonchev–Trinajstić information content (AvgIpc) is 3.37. The largest absolute Gasteiger partial charge is 0.462 e. The van der Waals surface area contributed by atoms with Gasteiger partial charge in [0.15, 0.2) is 6.10 Å². The number of ether oxygens (including phenoxy) is 3. The fraction of sp³-hybridized carbons (Fsp3) is 0.738. The lowest BCUT2D eigenvalue weighted by atomic mass is 10.0. The summed E-state index contributed by atoms with van der Waals surface area (Å²) in [6.45, 7) is 6.41. The lowest BCUT2D eigenvalue weighted by molar-refractivity contribution is -0.167. The first-order valence-corrected chi connectivity index (χ1v) is 30.1. The normalized spacial score (nSPS) is 12.7. The van der Waals surface area contributed by atoms with Crippen molar-refractivity contribution >= 4 is 17.9 Å². The first kappa shape index (κ1) is 67.6. The molecule has 0 aromatic heterocycles. The molecule has 0 aliphatic heterocycles. The standard InChI is InChI=1S/C65H112O6/c1-4-7-10-13-16-19-22-25-27-29-31-32-34-35-37-40-43-46-49-52-55-58-64(67)70-61-62(60-69-63(66)57-54-51-48-45-42-39-24-21-18-15-12-9-6-3)71-65(68)59-56-53-50-47-44-41-38-36-33-30-28-26-23-20-17-14-11-8-5-2/h7,9-10,12,16,18-19,21,25,27,31-32,39,42,62H,4-6,8,11,13-15,17,20,22-24,26,28-30,33-38,40-41,43-61H2,1-3H3/b10-7-,12-9-,19-16-,21-18-,27-25-,32-31-,42-39-. The third-order valence-electron chi connectivity index (χ3n) is 12.9. The Morgan fingerprint density at radius 3 is 0.873 bits per heavy atom. The highest BCUT2D eigenvalue weighted by atomic mass is 16.6. The van der Waals surface area contributed by atoms with Crippen LogP contribution in [0, 0.1) is 0 Å². The van der Waals surface area contributed by atoms with E-state index >= 15 is 0 Å². The smallest absolute Gasteiger partial charge is 0.306 e. The van der Waals surface area contributed by atoms with Gasteiger partial charge in [0, 0.05) is 19.3 Å². The van der Waals surface area contributed by atoms with E-state index in [0.717, 1.165) is 116 Å². The van der Waals surface area contributed by atoms with Crippen LogP contribution in [0.25, 0.3) is 0 Å². The monoisotopic (exact) mass is 989 g/mol. The maximum Gasteiger partial charge on any atom is 0.306 e. The molecule has 0 rings (SSSR count). The molecule has 0 spiro atoms. The predicted octanol–water partition coefficient (Wildman–Crippen LogP) is 20.3. The van der Waals surface area contributed by atoms with Crippen LogP contribution >= 0.6 is 0 Å². The van der Waals surface area contributed by atoms with Gasteiger partial charge in [-0.15, -0.1) is 0 Å². The molecule has 0 aromatic rings. The quantitative estimate of drug-likeness (QED) is 0.0261. The zero-order valence-electron chi connectivity index (χ0n) is 46.7. The zero-order valence-corrected chi connectivity index (χ0v) is 46.7. The summed E-state index contributed by atoms with van der Waals surface area (Å²) in [6.07, 6.45) is 77.3. The summed E-state index contributed by atoms with van der Waals surface area (Å²) >= 11 is 0. The molecule has 6 heteroatoms. The zero-order chi connectivity index (χ0) is 51.4. The summed E-state index contributed by atoms with van der Waals surface area (Å²) in [5, 5.41) is 0.